The normalized spacial score (nSPS) is 14.1. The van der Waals surface area contributed by atoms with E-state index >= 15 is 0 Å². The lowest BCUT2D eigenvalue weighted by Gasteiger charge is -2.34. The second-order valence-electron chi connectivity index (χ2n) is 10.7. The third-order valence-corrected chi connectivity index (χ3v) is 7.12. The summed E-state index contributed by atoms with van der Waals surface area (Å²) in [5, 5.41) is 8.14. The van der Waals surface area contributed by atoms with Gasteiger partial charge in [0.05, 0.1) is 35.3 Å². The first-order valence-electron chi connectivity index (χ1n) is 13.4. The summed E-state index contributed by atoms with van der Waals surface area (Å²) in [5.41, 5.74) is 3.20. The number of anilines is 1. The molecule has 1 aliphatic heterocycles. The molecule has 3 aromatic rings. The zero-order valence-corrected chi connectivity index (χ0v) is 24.2. The van der Waals surface area contributed by atoms with E-state index in [1.807, 2.05) is 45.9 Å². The number of halogens is 1. The fourth-order valence-electron chi connectivity index (χ4n) is 4.71. The molecule has 2 amide bonds. The second kappa shape index (κ2) is 12.1. The predicted molar refractivity (Wildman–Crippen MR) is 153 cm³/mol. The third kappa shape index (κ3) is 6.65. The average Bonchev–Trinajstić information content (AvgIpc) is 3.35. The van der Waals surface area contributed by atoms with Crippen LogP contribution in [0.25, 0.3) is 5.69 Å². The van der Waals surface area contributed by atoms with Crippen molar-refractivity contribution >= 4 is 35.3 Å². The molecule has 0 spiro atoms. The summed E-state index contributed by atoms with van der Waals surface area (Å²) < 4.78 is 12.4. The monoisotopic (exact) mass is 566 g/mol. The van der Waals surface area contributed by atoms with E-state index in [1.165, 1.54) is 0 Å². The number of hydrogen-bond donors (Lipinski definition) is 1. The van der Waals surface area contributed by atoms with Gasteiger partial charge in [0.2, 0.25) is 0 Å². The summed E-state index contributed by atoms with van der Waals surface area (Å²) in [4.78, 5) is 39.9. The number of aromatic nitrogens is 2. The van der Waals surface area contributed by atoms with Crippen LogP contribution in [0.15, 0.2) is 48.7 Å². The molecule has 0 unspecified atom stereocenters. The van der Waals surface area contributed by atoms with E-state index in [9.17, 15) is 14.4 Å². The highest BCUT2D eigenvalue weighted by atomic mass is 35.5. The molecule has 10 heteroatoms. The minimum absolute atomic E-state index is 0.0356. The number of nitrogens with one attached hydrogen (secondary N) is 1. The summed E-state index contributed by atoms with van der Waals surface area (Å²) in [6.07, 6.45) is 2.51. The van der Waals surface area contributed by atoms with Crippen molar-refractivity contribution in [3.63, 3.8) is 0 Å². The van der Waals surface area contributed by atoms with Gasteiger partial charge in [-0.05, 0) is 89.4 Å². The van der Waals surface area contributed by atoms with Crippen LogP contribution in [-0.4, -0.2) is 57.9 Å². The van der Waals surface area contributed by atoms with Gasteiger partial charge in [0.15, 0.2) is 0 Å². The summed E-state index contributed by atoms with van der Waals surface area (Å²) in [7, 11) is 0. The number of piperidine rings is 1. The SMILES string of the molecule is CCOC(=O)c1ccc(NC(=O)c2cnn(-c3cccc(Cl)c3C)c2C2CCN(C(=O)OC(C)(C)C)CC2)cc1. The van der Waals surface area contributed by atoms with Gasteiger partial charge in [0.1, 0.15) is 5.60 Å². The summed E-state index contributed by atoms with van der Waals surface area (Å²) in [5.74, 6) is -0.774. The van der Waals surface area contributed by atoms with Gasteiger partial charge >= 0.3 is 12.1 Å². The van der Waals surface area contributed by atoms with Crippen LogP contribution in [0.1, 0.15) is 78.4 Å². The van der Waals surface area contributed by atoms with E-state index in [4.69, 9.17) is 21.1 Å². The molecule has 9 nitrogen and oxygen atoms in total. The zero-order valence-electron chi connectivity index (χ0n) is 23.5. The van der Waals surface area contributed by atoms with Crippen molar-refractivity contribution in [2.75, 3.05) is 25.0 Å². The van der Waals surface area contributed by atoms with Crippen LogP contribution in [-0.2, 0) is 9.47 Å². The molecule has 40 heavy (non-hydrogen) atoms. The highest BCUT2D eigenvalue weighted by Crippen LogP contribution is 2.34. The predicted octanol–water partition coefficient (Wildman–Crippen LogP) is 6.38. The van der Waals surface area contributed by atoms with E-state index in [0.29, 0.717) is 47.8 Å². The molecule has 1 aromatic heterocycles. The maximum atomic E-state index is 13.6. The molecule has 1 saturated heterocycles. The Bertz CT molecular complexity index is 1390. The number of rotatable bonds is 6. The van der Waals surface area contributed by atoms with Crippen molar-refractivity contribution < 1.29 is 23.9 Å². The van der Waals surface area contributed by atoms with Crippen LogP contribution < -0.4 is 5.32 Å². The quantitative estimate of drug-likeness (QED) is 0.347. The first kappa shape index (κ1) is 29.1. The minimum atomic E-state index is -0.573. The summed E-state index contributed by atoms with van der Waals surface area (Å²) in [6.45, 7) is 10.5. The van der Waals surface area contributed by atoms with Crippen molar-refractivity contribution in [3.8, 4) is 5.69 Å². The number of nitrogens with zero attached hydrogens (tertiary/aromatic N) is 3. The van der Waals surface area contributed by atoms with Gasteiger partial charge in [-0.15, -0.1) is 0 Å². The Hall–Kier alpha value is -3.85. The van der Waals surface area contributed by atoms with Crippen molar-refractivity contribution in [3.05, 3.63) is 76.1 Å². The van der Waals surface area contributed by atoms with Gasteiger partial charge in [-0.2, -0.15) is 5.10 Å². The molecule has 0 aliphatic carbocycles. The minimum Gasteiger partial charge on any atom is -0.462 e. The molecule has 0 bridgehead atoms. The molecule has 0 atom stereocenters. The van der Waals surface area contributed by atoms with E-state index < -0.39 is 11.6 Å². The van der Waals surface area contributed by atoms with Crippen LogP contribution in [0.5, 0.6) is 0 Å². The molecule has 0 radical (unpaired) electrons. The summed E-state index contributed by atoms with van der Waals surface area (Å²) in [6, 6.07) is 12.1. The molecular weight excluding hydrogens is 532 g/mol. The Labute approximate surface area is 239 Å². The van der Waals surface area contributed by atoms with Gasteiger partial charge in [-0.3, -0.25) is 4.79 Å². The zero-order chi connectivity index (χ0) is 29.0. The summed E-state index contributed by atoms with van der Waals surface area (Å²) >= 11 is 6.43. The number of amides is 2. The first-order valence-corrected chi connectivity index (χ1v) is 13.8. The number of carbonyl (C=O) groups excluding carboxylic acids is 3. The van der Waals surface area contributed by atoms with Gasteiger partial charge in [0, 0.05) is 29.7 Å². The molecule has 1 fully saturated rings. The Morgan fingerprint density at radius 3 is 2.38 bits per heavy atom. The highest BCUT2D eigenvalue weighted by Gasteiger charge is 2.32. The highest BCUT2D eigenvalue weighted by molar-refractivity contribution is 6.31. The molecule has 4 rings (SSSR count). The van der Waals surface area contributed by atoms with Crippen LogP contribution in [0.4, 0.5) is 10.5 Å². The number of likely N-dealkylation sites (tertiary alicyclic amines) is 1. The molecule has 212 valence electrons. The van der Waals surface area contributed by atoms with Gasteiger partial charge in [0.25, 0.3) is 5.91 Å². The smallest absolute Gasteiger partial charge is 0.410 e. The van der Waals surface area contributed by atoms with Crippen LogP contribution >= 0.6 is 11.6 Å². The number of ether oxygens (including phenoxy) is 2. The maximum Gasteiger partial charge on any atom is 0.410 e. The first-order chi connectivity index (χ1) is 19.0. The largest absolute Gasteiger partial charge is 0.462 e. The lowest BCUT2D eigenvalue weighted by atomic mass is 9.90. The fraction of sp³-hybridized carbons (Fsp3) is 0.400. The third-order valence-electron chi connectivity index (χ3n) is 6.71. The Balaban J connectivity index is 1.61. The topological polar surface area (TPSA) is 103 Å². The molecule has 1 aliphatic rings. The standard InChI is InChI=1S/C30H35ClN4O5/c1-6-39-28(37)21-10-12-22(13-11-21)33-27(36)23-18-32-35(25-9-7-8-24(31)19(25)2)26(23)20-14-16-34(17-15-20)29(38)40-30(3,4)5/h7-13,18,20H,6,14-17H2,1-5H3,(H,33,36). The molecule has 2 aromatic carbocycles. The van der Waals surface area contributed by atoms with Crippen molar-refractivity contribution in [1.82, 2.24) is 14.7 Å². The van der Waals surface area contributed by atoms with E-state index in [0.717, 1.165) is 16.9 Å². The van der Waals surface area contributed by atoms with E-state index in [1.54, 1.807) is 47.0 Å². The second-order valence-corrected chi connectivity index (χ2v) is 11.1. The van der Waals surface area contributed by atoms with E-state index in [2.05, 4.69) is 10.4 Å². The number of esters is 1. The van der Waals surface area contributed by atoms with Gasteiger partial charge in [-0.25, -0.2) is 14.3 Å². The van der Waals surface area contributed by atoms with Crippen molar-refractivity contribution in [2.45, 2.75) is 59.0 Å². The van der Waals surface area contributed by atoms with Crippen LogP contribution in [0.3, 0.4) is 0 Å². The molecule has 2 heterocycles. The van der Waals surface area contributed by atoms with Crippen molar-refractivity contribution in [1.29, 1.82) is 0 Å². The lowest BCUT2D eigenvalue weighted by molar-refractivity contribution is 0.0203. The van der Waals surface area contributed by atoms with Crippen LogP contribution in [0, 0.1) is 6.92 Å². The number of hydrogen-bond acceptors (Lipinski definition) is 6. The fourth-order valence-corrected chi connectivity index (χ4v) is 4.88. The number of benzene rings is 2. The molecule has 1 N–H and O–H groups in total. The van der Waals surface area contributed by atoms with Gasteiger partial charge < -0.3 is 19.7 Å². The Morgan fingerprint density at radius 1 is 1.07 bits per heavy atom. The number of carbonyl (C=O) groups is 3. The van der Waals surface area contributed by atoms with Crippen LogP contribution in [0.2, 0.25) is 5.02 Å². The average molecular weight is 567 g/mol. The Morgan fingerprint density at radius 2 is 1.75 bits per heavy atom. The maximum absolute atomic E-state index is 13.6. The lowest BCUT2D eigenvalue weighted by Crippen LogP contribution is -2.41. The van der Waals surface area contributed by atoms with Crippen molar-refractivity contribution in [2.24, 2.45) is 0 Å². The molecule has 0 saturated carbocycles. The van der Waals surface area contributed by atoms with Gasteiger partial charge in [-0.1, -0.05) is 17.7 Å². The Kier molecular flexibility index (Phi) is 8.83. The molecular formula is C30H35ClN4O5. The van der Waals surface area contributed by atoms with E-state index in [-0.39, 0.29) is 24.5 Å².